The van der Waals surface area contributed by atoms with E-state index in [4.69, 9.17) is 5.11 Å². The van der Waals surface area contributed by atoms with Gasteiger partial charge in [0.2, 0.25) is 0 Å². The highest BCUT2D eigenvalue weighted by Gasteiger charge is 2.01. The normalized spacial score (nSPS) is 10.1. The van der Waals surface area contributed by atoms with Gasteiger partial charge in [-0.2, -0.15) is 0 Å². The number of hydrogen-bond donors (Lipinski definition) is 1. The number of aliphatic hydroxyl groups excluding tert-OH is 1. The second kappa shape index (κ2) is 2.61. The first-order chi connectivity index (χ1) is 4.25. The SMILES string of the molecule is Cn1c(I)nnc1CO. The molecule has 0 amide bonds. The molecule has 0 aromatic carbocycles. The summed E-state index contributed by atoms with van der Waals surface area (Å²) >= 11 is 2.05. The second-order valence-electron chi connectivity index (χ2n) is 1.60. The van der Waals surface area contributed by atoms with Gasteiger partial charge in [-0.1, -0.05) is 0 Å². The third kappa shape index (κ3) is 1.21. The molecule has 1 aromatic rings. The standard InChI is InChI=1S/C4H6IN3O/c1-8-3(2-9)6-7-4(8)5/h9H,2H2,1H3. The van der Waals surface area contributed by atoms with Gasteiger partial charge in [0.1, 0.15) is 6.61 Å². The topological polar surface area (TPSA) is 50.9 Å². The fraction of sp³-hybridized carbons (Fsp3) is 0.500. The van der Waals surface area contributed by atoms with Crippen molar-refractivity contribution in [2.75, 3.05) is 0 Å². The molecule has 0 saturated carbocycles. The maximum Gasteiger partial charge on any atom is 0.194 e. The molecule has 9 heavy (non-hydrogen) atoms. The first-order valence-electron chi connectivity index (χ1n) is 2.40. The molecule has 4 nitrogen and oxygen atoms in total. The van der Waals surface area contributed by atoms with Crippen molar-refractivity contribution in [2.24, 2.45) is 7.05 Å². The van der Waals surface area contributed by atoms with E-state index in [2.05, 4.69) is 10.2 Å². The molecule has 5 heteroatoms. The van der Waals surface area contributed by atoms with Gasteiger partial charge in [-0.05, 0) is 0 Å². The van der Waals surface area contributed by atoms with Crippen molar-refractivity contribution in [3.05, 3.63) is 9.66 Å². The van der Waals surface area contributed by atoms with Crippen molar-refractivity contribution >= 4 is 22.6 Å². The molecular weight excluding hydrogens is 233 g/mol. The molecule has 1 aromatic heterocycles. The summed E-state index contributed by atoms with van der Waals surface area (Å²) in [6.07, 6.45) is 0. The van der Waals surface area contributed by atoms with Crippen LogP contribution in [0, 0.1) is 3.83 Å². The molecule has 50 valence electrons. The molecule has 0 aliphatic rings. The Hall–Kier alpha value is -0.170. The molecular formula is C4H6IN3O. The zero-order chi connectivity index (χ0) is 6.85. The van der Waals surface area contributed by atoms with Crippen LogP contribution in [0.2, 0.25) is 0 Å². The van der Waals surface area contributed by atoms with Crippen molar-refractivity contribution in [3.63, 3.8) is 0 Å². The predicted octanol–water partition coefficient (Wildman–Crippen LogP) is -0.0880. The van der Waals surface area contributed by atoms with Crippen molar-refractivity contribution < 1.29 is 5.11 Å². The van der Waals surface area contributed by atoms with Gasteiger partial charge in [0.05, 0.1) is 0 Å². The Kier molecular flexibility index (Phi) is 2.01. The minimum Gasteiger partial charge on any atom is -0.388 e. The smallest absolute Gasteiger partial charge is 0.194 e. The summed E-state index contributed by atoms with van der Waals surface area (Å²) in [6, 6.07) is 0. The van der Waals surface area contributed by atoms with E-state index in [1.54, 1.807) is 4.57 Å². The predicted molar refractivity (Wildman–Crippen MR) is 39.6 cm³/mol. The van der Waals surface area contributed by atoms with Crippen molar-refractivity contribution in [1.82, 2.24) is 14.8 Å². The first-order valence-corrected chi connectivity index (χ1v) is 3.48. The van der Waals surface area contributed by atoms with Gasteiger partial charge in [0, 0.05) is 29.6 Å². The van der Waals surface area contributed by atoms with Crippen molar-refractivity contribution in [2.45, 2.75) is 6.61 Å². The van der Waals surface area contributed by atoms with Crippen LogP contribution in [0.25, 0.3) is 0 Å². The molecule has 0 spiro atoms. The van der Waals surface area contributed by atoms with E-state index >= 15 is 0 Å². The van der Waals surface area contributed by atoms with Crippen LogP contribution < -0.4 is 0 Å². The summed E-state index contributed by atoms with van der Waals surface area (Å²) < 4.78 is 2.53. The minimum atomic E-state index is -0.0491. The van der Waals surface area contributed by atoms with Gasteiger partial charge in [0.25, 0.3) is 0 Å². The van der Waals surface area contributed by atoms with Crippen LogP contribution in [-0.4, -0.2) is 19.9 Å². The Balaban J connectivity index is 3.04. The number of rotatable bonds is 1. The minimum absolute atomic E-state index is 0.0491. The third-order valence-electron chi connectivity index (χ3n) is 1.05. The highest BCUT2D eigenvalue weighted by molar-refractivity contribution is 14.1. The molecule has 1 rings (SSSR count). The fourth-order valence-electron chi connectivity index (χ4n) is 0.477. The Morgan fingerprint density at radius 2 is 2.33 bits per heavy atom. The van der Waals surface area contributed by atoms with Crippen molar-refractivity contribution in [1.29, 1.82) is 0 Å². The molecule has 0 atom stereocenters. The van der Waals surface area contributed by atoms with Crippen LogP contribution in [0.1, 0.15) is 5.82 Å². The summed E-state index contributed by atoms with van der Waals surface area (Å²) in [5, 5.41) is 16.0. The highest BCUT2D eigenvalue weighted by Crippen LogP contribution is 2.00. The third-order valence-corrected chi connectivity index (χ3v) is 1.99. The van der Waals surface area contributed by atoms with Gasteiger partial charge in [-0.25, -0.2) is 0 Å². The average Bonchev–Trinajstić information content (AvgIpc) is 2.15. The van der Waals surface area contributed by atoms with Gasteiger partial charge in [-0.3, -0.25) is 0 Å². The monoisotopic (exact) mass is 239 g/mol. The molecule has 0 fully saturated rings. The summed E-state index contributed by atoms with van der Waals surface area (Å²) in [6.45, 7) is -0.0491. The molecule has 0 saturated heterocycles. The van der Waals surface area contributed by atoms with Crippen LogP contribution in [0.5, 0.6) is 0 Å². The zero-order valence-electron chi connectivity index (χ0n) is 4.87. The van der Waals surface area contributed by atoms with Gasteiger partial charge >= 0.3 is 0 Å². The molecule has 0 aliphatic heterocycles. The Bertz CT molecular complexity index is 210. The van der Waals surface area contributed by atoms with Crippen LogP contribution in [0.3, 0.4) is 0 Å². The van der Waals surface area contributed by atoms with Gasteiger partial charge in [0.15, 0.2) is 9.66 Å². The highest BCUT2D eigenvalue weighted by atomic mass is 127. The largest absolute Gasteiger partial charge is 0.388 e. The van der Waals surface area contributed by atoms with Crippen LogP contribution in [-0.2, 0) is 13.7 Å². The lowest BCUT2D eigenvalue weighted by Crippen LogP contribution is -1.98. The van der Waals surface area contributed by atoms with E-state index in [0.29, 0.717) is 5.82 Å². The van der Waals surface area contributed by atoms with E-state index in [-0.39, 0.29) is 6.61 Å². The number of aromatic nitrogens is 3. The van der Waals surface area contributed by atoms with E-state index in [1.165, 1.54) is 0 Å². The van der Waals surface area contributed by atoms with E-state index in [0.717, 1.165) is 3.83 Å². The van der Waals surface area contributed by atoms with E-state index < -0.39 is 0 Å². The lowest BCUT2D eigenvalue weighted by Gasteiger charge is -1.93. The lowest BCUT2D eigenvalue weighted by atomic mass is 10.6. The molecule has 0 radical (unpaired) electrons. The maximum atomic E-state index is 8.61. The fourth-order valence-corrected chi connectivity index (χ4v) is 0.864. The number of halogens is 1. The van der Waals surface area contributed by atoms with E-state index in [9.17, 15) is 0 Å². The number of aliphatic hydroxyl groups is 1. The number of nitrogens with zero attached hydrogens (tertiary/aromatic N) is 3. The van der Waals surface area contributed by atoms with Gasteiger partial charge < -0.3 is 9.67 Å². The quantitative estimate of drug-likeness (QED) is 0.697. The summed E-state index contributed by atoms with van der Waals surface area (Å²) in [4.78, 5) is 0. The summed E-state index contributed by atoms with van der Waals surface area (Å²) in [5.41, 5.74) is 0. The Morgan fingerprint density at radius 3 is 2.56 bits per heavy atom. The van der Waals surface area contributed by atoms with Crippen LogP contribution in [0.15, 0.2) is 0 Å². The Labute approximate surface area is 66.0 Å². The zero-order valence-corrected chi connectivity index (χ0v) is 7.03. The molecule has 0 aliphatic carbocycles. The first kappa shape index (κ1) is 6.94. The number of hydrogen-bond acceptors (Lipinski definition) is 3. The lowest BCUT2D eigenvalue weighted by molar-refractivity contribution is 0.266. The van der Waals surface area contributed by atoms with Crippen LogP contribution in [0.4, 0.5) is 0 Å². The second-order valence-corrected chi connectivity index (χ2v) is 2.57. The summed E-state index contributed by atoms with van der Waals surface area (Å²) in [5.74, 6) is 0.597. The average molecular weight is 239 g/mol. The van der Waals surface area contributed by atoms with Crippen LogP contribution >= 0.6 is 22.6 Å². The molecule has 1 heterocycles. The molecule has 0 bridgehead atoms. The van der Waals surface area contributed by atoms with E-state index in [1.807, 2.05) is 29.6 Å². The molecule has 1 N–H and O–H groups in total. The van der Waals surface area contributed by atoms with Crippen molar-refractivity contribution in [3.8, 4) is 0 Å². The Morgan fingerprint density at radius 1 is 1.67 bits per heavy atom. The van der Waals surface area contributed by atoms with Gasteiger partial charge in [-0.15, -0.1) is 10.2 Å². The summed E-state index contributed by atoms with van der Waals surface area (Å²) in [7, 11) is 1.81. The molecule has 0 unspecified atom stereocenters. The maximum absolute atomic E-state index is 8.61.